The first kappa shape index (κ1) is 21.7. The lowest BCUT2D eigenvalue weighted by molar-refractivity contribution is -0.0327. The summed E-state index contributed by atoms with van der Waals surface area (Å²) in [4.78, 5) is 1.24. The van der Waals surface area contributed by atoms with E-state index in [2.05, 4.69) is 48.1 Å². The van der Waals surface area contributed by atoms with Crippen molar-refractivity contribution in [2.45, 2.75) is 37.3 Å². The zero-order valence-corrected chi connectivity index (χ0v) is 20.6. The van der Waals surface area contributed by atoms with E-state index in [0.29, 0.717) is 40.4 Å². The monoisotopic (exact) mass is 500 g/mol. The van der Waals surface area contributed by atoms with E-state index >= 15 is 0 Å². The Bertz CT molecular complexity index is 1470. The van der Waals surface area contributed by atoms with Gasteiger partial charge in [0.25, 0.3) is 0 Å². The van der Waals surface area contributed by atoms with Crippen molar-refractivity contribution in [3.63, 3.8) is 0 Å². The first-order valence-corrected chi connectivity index (χ1v) is 12.4. The van der Waals surface area contributed by atoms with Crippen LogP contribution in [0.25, 0.3) is 0 Å². The molecule has 1 spiro atoms. The zero-order valence-electron chi connectivity index (χ0n) is 19.0. The molecule has 1 saturated heterocycles. The smallest absolute Gasteiger partial charge is 0.212 e. The number of hydrogen-bond donors (Lipinski definition) is 2. The standard InChI is InChI=1S/C26H20N4O3S2/c1-25(2)26(13-29-24(34)30-25)10-17(21-4-3-7-35-21)16-5-6-18-23(22(16)33-26)32-20-9-15(12-28)14(11-27)8-19(20)31-18/h3-9,17H,10,13H2,1-2H3,(H2,29,30,34). The van der Waals surface area contributed by atoms with E-state index in [-0.39, 0.29) is 17.0 Å². The maximum Gasteiger partial charge on any atom is 0.212 e. The molecule has 3 aliphatic rings. The van der Waals surface area contributed by atoms with Crippen LogP contribution in [0.3, 0.4) is 0 Å². The number of benzene rings is 2. The highest BCUT2D eigenvalue weighted by atomic mass is 32.1. The van der Waals surface area contributed by atoms with Gasteiger partial charge in [-0.2, -0.15) is 10.5 Å². The van der Waals surface area contributed by atoms with Crippen LogP contribution < -0.4 is 24.8 Å². The lowest BCUT2D eigenvalue weighted by atomic mass is 9.71. The van der Waals surface area contributed by atoms with Crippen molar-refractivity contribution in [2.24, 2.45) is 0 Å². The predicted molar refractivity (Wildman–Crippen MR) is 134 cm³/mol. The average Bonchev–Trinajstić information content (AvgIpc) is 3.38. The molecule has 0 bridgehead atoms. The molecule has 2 atom stereocenters. The summed E-state index contributed by atoms with van der Waals surface area (Å²) in [5, 5.41) is 28.2. The van der Waals surface area contributed by atoms with Gasteiger partial charge in [-0.25, -0.2) is 0 Å². The second kappa shape index (κ2) is 7.61. The van der Waals surface area contributed by atoms with Gasteiger partial charge in [-0.15, -0.1) is 11.3 Å². The van der Waals surface area contributed by atoms with Gasteiger partial charge in [0.1, 0.15) is 17.7 Å². The first-order chi connectivity index (χ1) is 16.8. The van der Waals surface area contributed by atoms with E-state index in [9.17, 15) is 10.5 Å². The SMILES string of the molecule is CC1(C)NC(=S)NCC12CC(c1cccs1)c1ccc3c(c1O2)Oc1cc(C#N)c(C#N)cc1O3. The molecular weight excluding hydrogens is 480 g/mol. The molecule has 0 amide bonds. The van der Waals surface area contributed by atoms with Crippen LogP contribution in [-0.2, 0) is 0 Å². The van der Waals surface area contributed by atoms with Gasteiger partial charge in [0.15, 0.2) is 28.1 Å². The number of nitriles is 2. The Morgan fingerprint density at radius 2 is 1.77 bits per heavy atom. The Labute approximate surface area is 211 Å². The van der Waals surface area contributed by atoms with Gasteiger partial charge >= 0.3 is 0 Å². The van der Waals surface area contributed by atoms with Gasteiger partial charge in [-0.3, -0.25) is 0 Å². The molecular formula is C26H20N4O3S2. The molecule has 35 heavy (non-hydrogen) atoms. The highest BCUT2D eigenvalue weighted by Crippen LogP contribution is 2.58. The third-order valence-electron chi connectivity index (χ3n) is 7.06. The molecule has 0 radical (unpaired) electrons. The van der Waals surface area contributed by atoms with Crippen molar-refractivity contribution < 1.29 is 14.2 Å². The van der Waals surface area contributed by atoms with Gasteiger partial charge < -0.3 is 24.8 Å². The second-order valence-corrected chi connectivity index (χ2v) is 10.8. The molecule has 0 saturated carbocycles. The maximum atomic E-state index is 9.48. The maximum absolute atomic E-state index is 9.48. The van der Waals surface area contributed by atoms with Crippen LogP contribution in [0.15, 0.2) is 41.8 Å². The predicted octanol–water partition coefficient (Wildman–Crippen LogP) is 5.30. The molecule has 1 aromatic heterocycles. The molecule has 9 heteroatoms. The van der Waals surface area contributed by atoms with Crippen LogP contribution in [0, 0.1) is 22.7 Å². The Balaban J connectivity index is 1.51. The largest absolute Gasteiger partial charge is 0.479 e. The molecule has 4 heterocycles. The van der Waals surface area contributed by atoms with Crippen molar-refractivity contribution in [2.75, 3.05) is 6.54 Å². The fourth-order valence-corrected chi connectivity index (χ4v) is 6.22. The normalized spacial score (nSPS) is 23.0. The van der Waals surface area contributed by atoms with Crippen LogP contribution >= 0.6 is 23.6 Å². The Kier molecular flexibility index (Phi) is 4.72. The van der Waals surface area contributed by atoms with Crippen LogP contribution in [-0.4, -0.2) is 22.8 Å². The summed E-state index contributed by atoms with van der Waals surface area (Å²) >= 11 is 7.12. The molecule has 3 aromatic rings. The summed E-state index contributed by atoms with van der Waals surface area (Å²) in [5.41, 5.74) is 0.391. The van der Waals surface area contributed by atoms with Gasteiger partial charge in [-0.1, -0.05) is 12.1 Å². The summed E-state index contributed by atoms with van der Waals surface area (Å²) in [5.74, 6) is 2.42. The van der Waals surface area contributed by atoms with Crippen molar-refractivity contribution in [3.8, 4) is 40.9 Å². The Hall–Kier alpha value is -3.79. The quantitative estimate of drug-likeness (QED) is 0.340. The molecule has 6 rings (SSSR count). The molecule has 2 N–H and O–H groups in total. The summed E-state index contributed by atoms with van der Waals surface area (Å²) in [7, 11) is 0. The molecule has 7 nitrogen and oxygen atoms in total. The molecule has 2 aromatic carbocycles. The number of nitrogens with zero attached hydrogens (tertiary/aromatic N) is 2. The van der Waals surface area contributed by atoms with Crippen molar-refractivity contribution in [1.82, 2.24) is 10.6 Å². The fraction of sp³-hybridized carbons (Fsp3) is 0.269. The Morgan fingerprint density at radius 1 is 1.03 bits per heavy atom. The van der Waals surface area contributed by atoms with Gasteiger partial charge in [0, 0.05) is 34.9 Å². The number of thiocarbonyl (C=S) groups is 1. The summed E-state index contributed by atoms with van der Waals surface area (Å²) < 4.78 is 19.3. The highest BCUT2D eigenvalue weighted by Gasteiger charge is 2.55. The third-order valence-corrected chi connectivity index (χ3v) is 8.29. The summed E-state index contributed by atoms with van der Waals surface area (Å²) in [6.07, 6.45) is 0.746. The van der Waals surface area contributed by atoms with Crippen molar-refractivity contribution in [1.29, 1.82) is 10.5 Å². The van der Waals surface area contributed by atoms with E-state index in [1.807, 2.05) is 18.2 Å². The van der Waals surface area contributed by atoms with E-state index in [1.54, 1.807) is 11.3 Å². The average molecular weight is 501 g/mol. The fourth-order valence-electron chi connectivity index (χ4n) is 5.05. The number of fused-ring (bicyclic) bond motifs is 4. The molecule has 0 aliphatic carbocycles. The number of thiophene rings is 1. The van der Waals surface area contributed by atoms with Crippen LogP contribution in [0.4, 0.5) is 0 Å². The summed E-state index contributed by atoms with van der Waals surface area (Å²) in [6.45, 7) is 4.74. The van der Waals surface area contributed by atoms with E-state index in [4.69, 9.17) is 26.4 Å². The second-order valence-electron chi connectivity index (χ2n) is 9.38. The number of rotatable bonds is 1. The minimum Gasteiger partial charge on any atom is -0.479 e. The summed E-state index contributed by atoms with van der Waals surface area (Å²) in [6, 6.07) is 15.3. The van der Waals surface area contributed by atoms with E-state index in [1.165, 1.54) is 17.0 Å². The third kappa shape index (κ3) is 3.23. The molecule has 3 aliphatic heterocycles. The van der Waals surface area contributed by atoms with E-state index < -0.39 is 11.1 Å². The highest BCUT2D eigenvalue weighted by molar-refractivity contribution is 7.80. The van der Waals surface area contributed by atoms with E-state index in [0.717, 1.165) is 12.0 Å². The molecule has 1 fully saturated rings. The van der Waals surface area contributed by atoms with Crippen LogP contribution in [0.1, 0.15) is 47.8 Å². The van der Waals surface area contributed by atoms with Gasteiger partial charge in [-0.05, 0) is 43.6 Å². The molecule has 174 valence electrons. The Morgan fingerprint density at radius 3 is 2.43 bits per heavy atom. The van der Waals surface area contributed by atoms with Crippen molar-refractivity contribution >= 4 is 28.7 Å². The van der Waals surface area contributed by atoms with Crippen LogP contribution in [0.2, 0.25) is 0 Å². The first-order valence-electron chi connectivity index (χ1n) is 11.1. The minimum absolute atomic E-state index is 0.0826. The number of nitrogens with one attached hydrogen (secondary N) is 2. The van der Waals surface area contributed by atoms with Gasteiger partial charge in [0.05, 0.1) is 23.2 Å². The number of ether oxygens (including phenoxy) is 3. The van der Waals surface area contributed by atoms with Crippen LogP contribution in [0.5, 0.6) is 28.7 Å². The van der Waals surface area contributed by atoms with Crippen molar-refractivity contribution in [3.05, 3.63) is 63.3 Å². The molecule has 2 unspecified atom stereocenters. The zero-order chi connectivity index (χ0) is 24.4. The lowest BCUT2D eigenvalue weighted by Crippen LogP contribution is -2.74. The minimum atomic E-state index is -0.627. The van der Waals surface area contributed by atoms with Gasteiger partial charge in [0.2, 0.25) is 5.75 Å². The number of hydrogen-bond acceptors (Lipinski definition) is 7. The topological polar surface area (TPSA) is 99.3 Å². The lowest BCUT2D eigenvalue weighted by Gasteiger charge is -2.54.